The summed E-state index contributed by atoms with van der Waals surface area (Å²) in [5.41, 5.74) is 6.46. The molecule has 2 aromatic carbocycles. The van der Waals surface area contributed by atoms with Crippen molar-refractivity contribution in [3.63, 3.8) is 0 Å². The topological polar surface area (TPSA) is 99.5 Å². The van der Waals surface area contributed by atoms with Crippen molar-refractivity contribution in [2.24, 2.45) is 0 Å². The Morgan fingerprint density at radius 1 is 0.743 bits per heavy atom. The Bertz CT molecular complexity index is 1060. The monoisotopic (exact) mass is 502 g/mol. The van der Waals surface area contributed by atoms with Gasteiger partial charge in [0.25, 0.3) is 0 Å². The van der Waals surface area contributed by atoms with E-state index in [2.05, 4.69) is 9.80 Å². The second kappa shape index (κ2) is 10.2. The number of nitrogens with zero attached hydrogens (tertiary/aromatic N) is 2. The van der Waals surface area contributed by atoms with Crippen molar-refractivity contribution >= 4 is 24.3 Å². The van der Waals surface area contributed by atoms with E-state index in [-0.39, 0.29) is 37.6 Å². The molecule has 1 fully saturated rings. The van der Waals surface area contributed by atoms with E-state index >= 15 is 0 Å². The lowest BCUT2D eigenvalue weighted by Gasteiger charge is -2.36. The molecule has 0 aliphatic carbocycles. The first kappa shape index (κ1) is 25.6. The van der Waals surface area contributed by atoms with Gasteiger partial charge in [0.05, 0.1) is 23.3 Å². The summed E-state index contributed by atoms with van der Waals surface area (Å²) in [6.45, 7) is 8.61. The molecular formula is C26H31ClN2O6. The number of halogens is 1. The van der Waals surface area contributed by atoms with Crippen molar-refractivity contribution in [1.29, 1.82) is 0 Å². The third-order valence-corrected chi connectivity index (χ3v) is 7.46. The smallest absolute Gasteiger partial charge is 0.338 e. The van der Waals surface area contributed by atoms with Crippen LogP contribution >= 0.6 is 12.4 Å². The highest BCUT2D eigenvalue weighted by Gasteiger charge is 2.29. The van der Waals surface area contributed by atoms with Gasteiger partial charge >= 0.3 is 11.9 Å². The highest BCUT2D eigenvalue weighted by molar-refractivity contribution is 5.94. The summed E-state index contributed by atoms with van der Waals surface area (Å²) in [5, 5.41) is 21.8. The highest BCUT2D eigenvalue weighted by Crippen LogP contribution is 2.31. The van der Waals surface area contributed by atoms with Crippen LogP contribution in [0.2, 0.25) is 0 Å². The van der Waals surface area contributed by atoms with Gasteiger partial charge in [-0.15, -0.1) is 12.4 Å². The maximum Gasteiger partial charge on any atom is 0.338 e. The summed E-state index contributed by atoms with van der Waals surface area (Å²) in [5.74, 6) is -0.594. The normalized spacial score (nSPS) is 19.4. The predicted molar refractivity (Wildman–Crippen MR) is 131 cm³/mol. The van der Waals surface area contributed by atoms with Crippen LogP contribution in [0.1, 0.15) is 66.3 Å². The van der Waals surface area contributed by atoms with E-state index in [0.29, 0.717) is 24.2 Å². The van der Waals surface area contributed by atoms with E-state index in [1.807, 2.05) is 26.0 Å². The van der Waals surface area contributed by atoms with E-state index in [1.54, 1.807) is 12.1 Å². The molecule has 3 heterocycles. The molecular weight excluding hydrogens is 472 g/mol. The zero-order chi connectivity index (χ0) is 24.0. The molecule has 0 radical (unpaired) electrons. The highest BCUT2D eigenvalue weighted by atomic mass is 35.5. The number of piperazine rings is 1. The van der Waals surface area contributed by atoms with Crippen LogP contribution in [0.3, 0.4) is 0 Å². The number of hydrogen-bond acceptors (Lipinski definition) is 8. The van der Waals surface area contributed by atoms with Gasteiger partial charge in [-0.05, 0) is 48.2 Å². The van der Waals surface area contributed by atoms with Crippen LogP contribution in [0.4, 0.5) is 0 Å². The minimum absolute atomic E-state index is 0. The Morgan fingerprint density at radius 2 is 1.11 bits per heavy atom. The Labute approximate surface area is 210 Å². The maximum atomic E-state index is 11.8. The summed E-state index contributed by atoms with van der Waals surface area (Å²) >= 11 is 0. The standard InChI is InChI=1S/C26H30N2O6.ClH/c1-15-17(3-5-19-21(15)13-33-25(19)31)23(29)11-27-7-9-28(10-8-27)12-24(30)18-4-6-20-22(16(18)2)14-34-26(20)32;/h3-6,23-24,29-30H,7-14H2,1-2H3;1H/t23-,24-;/m0./s1. The third-order valence-electron chi connectivity index (χ3n) is 7.46. The van der Waals surface area contributed by atoms with Crippen molar-refractivity contribution in [2.75, 3.05) is 39.3 Å². The number of ether oxygens (including phenoxy) is 2. The molecule has 188 valence electrons. The Hall–Kier alpha value is -2.49. The lowest BCUT2D eigenvalue weighted by Crippen LogP contribution is -2.48. The van der Waals surface area contributed by atoms with Gasteiger partial charge in [-0.1, -0.05) is 12.1 Å². The first-order chi connectivity index (χ1) is 16.3. The molecule has 9 heteroatoms. The Balaban J connectivity index is 0.00000289. The summed E-state index contributed by atoms with van der Waals surface area (Å²) < 4.78 is 10.2. The van der Waals surface area contributed by atoms with Gasteiger partial charge < -0.3 is 19.7 Å². The average molecular weight is 503 g/mol. The molecule has 3 aliphatic rings. The molecule has 0 aromatic heterocycles. The van der Waals surface area contributed by atoms with Gasteiger partial charge in [0.15, 0.2) is 0 Å². The Morgan fingerprint density at radius 3 is 1.49 bits per heavy atom. The number of aliphatic hydroxyl groups is 2. The van der Waals surface area contributed by atoms with Crippen LogP contribution in [0.25, 0.3) is 0 Å². The molecule has 1 saturated heterocycles. The van der Waals surface area contributed by atoms with Gasteiger partial charge in [0.1, 0.15) is 13.2 Å². The number of β-amino-alcohol motifs (C(OH)–C–C–N with tert-alkyl or cyclic N) is 2. The van der Waals surface area contributed by atoms with Crippen molar-refractivity contribution < 1.29 is 29.3 Å². The average Bonchev–Trinajstić information content (AvgIpc) is 3.39. The summed E-state index contributed by atoms with van der Waals surface area (Å²) in [4.78, 5) is 28.0. The molecule has 35 heavy (non-hydrogen) atoms. The number of rotatable bonds is 6. The lowest BCUT2D eigenvalue weighted by atomic mass is 9.95. The number of cyclic esters (lactones) is 2. The van der Waals surface area contributed by atoms with E-state index in [9.17, 15) is 19.8 Å². The molecule has 0 bridgehead atoms. The number of carbonyl (C=O) groups excluding carboxylic acids is 2. The molecule has 2 aromatic rings. The Kier molecular flexibility index (Phi) is 7.49. The molecule has 0 spiro atoms. The first-order valence-corrected chi connectivity index (χ1v) is 11.7. The van der Waals surface area contributed by atoms with Gasteiger partial charge in [-0.2, -0.15) is 0 Å². The number of fused-ring (bicyclic) bond motifs is 2. The molecule has 0 unspecified atom stereocenters. The van der Waals surface area contributed by atoms with Crippen LogP contribution < -0.4 is 0 Å². The first-order valence-electron chi connectivity index (χ1n) is 11.7. The number of benzene rings is 2. The summed E-state index contributed by atoms with van der Waals surface area (Å²) in [6, 6.07) is 7.15. The van der Waals surface area contributed by atoms with E-state index in [1.165, 1.54) is 0 Å². The van der Waals surface area contributed by atoms with Crippen LogP contribution in [0, 0.1) is 13.8 Å². The predicted octanol–water partition coefficient (Wildman–Crippen LogP) is 2.45. The van der Waals surface area contributed by atoms with Crippen LogP contribution in [0.5, 0.6) is 0 Å². The number of esters is 2. The molecule has 2 atom stereocenters. The number of aliphatic hydroxyl groups excluding tert-OH is 2. The quantitative estimate of drug-likeness (QED) is 0.581. The van der Waals surface area contributed by atoms with Crippen molar-refractivity contribution in [2.45, 2.75) is 39.3 Å². The zero-order valence-electron chi connectivity index (χ0n) is 20.0. The molecule has 0 amide bonds. The summed E-state index contributed by atoms with van der Waals surface area (Å²) in [6.07, 6.45) is -1.28. The van der Waals surface area contributed by atoms with Crippen molar-refractivity contribution in [1.82, 2.24) is 9.80 Å². The fourth-order valence-corrected chi connectivity index (χ4v) is 5.30. The number of carbonyl (C=O) groups is 2. The largest absolute Gasteiger partial charge is 0.457 e. The van der Waals surface area contributed by atoms with Crippen molar-refractivity contribution in [3.8, 4) is 0 Å². The van der Waals surface area contributed by atoms with Gasteiger partial charge in [0.2, 0.25) is 0 Å². The molecule has 8 nitrogen and oxygen atoms in total. The number of hydrogen-bond donors (Lipinski definition) is 2. The SMILES string of the molecule is Cc1c([C@@H](O)CN2CCN(C[C@H](O)c3ccc4c(c3C)COC4=O)CC2)ccc2c1COC2=O.Cl. The van der Waals surface area contributed by atoms with Gasteiger partial charge in [0, 0.05) is 50.4 Å². The zero-order valence-corrected chi connectivity index (χ0v) is 20.8. The molecule has 2 N–H and O–H groups in total. The molecule has 3 aliphatic heterocycles. The molecule has 0 saturated carbocycles. The second-order valence-corrected chi connectivity index (χ2v) is 9.40. The lowest BCUT2D eigenvalue weighted by molar-refractivity contribution is 0.0478. The second-order valence-electron chi connectivity index (χ2n) is 9.40. The van der Waals surface area contributed by atoms with E-state index < -0.39 is 12.2 Å². The van der Waals surface area contributed by atoms with Crippen LogP contribution in [0.15, 0.2) is 24.3 Å². The van der Waals surface area contributed by atoms with Gasteiger partial charge in [-0.25, -0.2) is 9.59 Å². The van der Waals surface area contributed by atoms with Crippen LogP contribution in [-0.4, -0.2) is 71.2 Å². The fraction of sp³-hybridized carbons (Fsp3) is 0.462. The van der Waals surface area contributed by atoms with Gasteiger partial charge in [-0.3, -0.25) is 9.80 Å². The minimum Gasteiger partial charge on any atom is -0.457 e. The third kappa shape index (κ3) is 4.81. The van der Waals surface area contributed by atoms with Crippen molar-refractivity contribution in [3.05, 3.63) is 68.8 Å². The van der Waals surface area contributed by atoms with E-state index in [0.717, 1.165) is 59.6 Å². The fourth-order valence-electron chi connectivity index (χ4n) is 5.30. The molecule has 5 rings (SSSR count). The minimum atomic E-state index is -0.642. The maximum absolute atomic E-state index is 11.8. The van der Waals surface area contributed by atoms with Crippen LogP contribution in [-0.2, 0) is 22.7 Å². The summed E-state index contributed by atoms with van der Waals surface area (Å²) in [7, 11) is 0. The van der Waals surface area contributed by atoms with E-state index in [4.69, 9.17) is 9.47 Å².